The average Bonchev–Trinajstić information content (AvgIpc) is 2.83. The van der Waals surface area contributed by atoms with Crippen molar-refractivity contribution < 1.29 is 22.7 Å². The van der Waals surface area contributed by atoms with Gasteiger partial charge in [0, 0.05) is 5.02 Å². The molecule has 184 valence electrons. The third-order valence-electron chi connectivity index (χ3n) is 4.66. The third kappa shape index (κ3) is 6.46. The molecule has 0 unspecified atom stereocenters. The molecule has 0 atom stereocenters. The Balaban J connectivity index is 1.86. The molecular weight excluding hydrogens is 581 g/mol. The Bertz CT molecular complexity index is 1350. The van der Waals surface area contributed by atoms with Crippen molar-refractivity contribution in [1.82, 2.24) is 5.43 Å². The van der Waals surface area contributed by atoms with Crippen LogP contribution in [0.2, 0.25) is 10.0 Å². The number of halogens is 3. The van der Waals surface area contributed by atoms with Gasteiger partial charge in [0.1, 0.15) is 6.54 Å². The fraction of sp³-hybridized carbons (Fsp3) is 0.130. The van der Waals surface area contributed by atoms with E-state index in [0.717, 1.165) is 4.31 Å². The Morgan fingerprint density at radius 2 is 1.80 bits per heavy atom. The van der Waals surface area contributed by atoms with Crippen molar-refractivity contribution in [3.05, 3.63) is 80.7 Å². The molecule has 0 aliphatic carbocycles. The molecule has 3 rings (SSSR count). The molecule has 0 aliphatic heterocycles. The summed E-state index contributed by atoms with van der Waals surface area (Å²) < 4.78 is 38.8. The van der Waals surface area contributed by atoms with Crippen molar-refractivity contribution in [1.29, 1.82) is 0 Å². The van der Waals surface area contributed by atoms with Crippen LogP contribution in [-0.4, -0.2) is 41.3 Å². The molecule has 0 fully saturated rings. The molecule has 8 nitrogen and oxygen atoms in total. The number of rotatable bonds is 9. The van der Waals surface area contributed by atoms with E-state index in [1.54, 1.807) is 30.3 Å². The SMILES string of the molecule is COc1cc(/C=N\NC(=O)CN(c2ccc(Cl)cc2Cl)S(=O)(=O)c2ccccc2)cc(Br)c1OC. The number of hydrogen-bond acceptors (Lipinski definition) is 6. The van der Waals surface area contributed by atoms with E-state index >= 15 is 0 Å². The van der Waals surface area contributed by atoms with Crippen LogP contribution in [0, 0.1) is 0 Å². The number of carbonyl (C=O) groups excluding carboxylic acids is 1. The summed E-state index contributed by atoms with van der Waals surface area (Å²) in [5.41, 5.74) is 3.04. The van der Waals surface area contributed by atoms with Gasteiger partial charge in [-0.2, -0.15) is 5.10 Å². The molecule has 0 aliphatic rings. The number of sulfonamides is 1. The fourth-order valence-corrected chi connectivity index (χ4v) is 5.70. The van der Waals surface area contributed by atoms with Gasteiger partial charge in [0.05, 0.1) is 40.5 Å². The van der Waals surface area contributed by atoms with Crippen molar-refractivity contribution in [2.45, 2.75) is 4.90 Å². The van der Waals surface area contributed by atoms with Gasteiger partial charge < -0.3 is 9.47 Å². The zero-order valence-corrected chi connectivity index (χ0v) is 22.5. The van der Waals surface area contributed by atoms with Crippen LogP contribution in [0.4, 0.5) is 5.69 Å². The summed E-state index contributed by atoms with van der Waals surface area (Å²) in [4.78, 5) is 12.7. The maximum absolute atomic E-state index is 13.4. The lowest BCUT2D eigenvalue weighted by Crippen LogP contribution is -2.39. The minimum atomic E-state index is -4.13. The number of nitrogens with zero attached hydrogens (tertiary/aromatic N) is 2. The number of ether oxygens (including phenoxy) is 2. The predicted octanol–water partition coefficient (Wildman–Crippen LogP) is 5.12. The maximum atomic E-state index is 13.4. The van der Waals surface area contributed by atoms with E-state index in [1.807, 2.05) is 0 Å². The van der Waals surface area contributed by atoms with E-state index in [-0.39, 0.29) is 15.6 Å². The summed E-state index contributed by atoms with van der Waals surface area (Å²) in [6.07, 6.45) is 1.38. The first-order chi connectivity index (χ1) is 16.7. The van der Waals surface area contributed by atoms with Gasteiger partial charge in [-0.3, -0.25) is 9.10 Å². The van der Waals surface area contributed by atoms with Gasteiger partial charge in [-0.05, 0) is 64.0 Å². The van der Waals surface area contributed by atoms with Gasteiger partial charge in [0.25, 0.3) is 15.9 Å². The monoisotopic (exact) mass is 599 g/mol. The zero-order valence-electron chi connectivity index (χ0n) is 18.5. The van der Waals surface area contributed by atoms with Crippen molar-refractivity contribution >= 4 is 67.0 Å². The highest BCUT2D eigenvalue weighted by Gasteiger charge is 2.28. The number of anilines is 1. The Hall–Kier alpha value is -2.79. The number of nitrogens with one attached hydrogen (secondary N) is 1. The van der Waals surface area contributed by atoms with Crippen LogP contribution < -0.4 is 19.2 Å². The lowest BCUT2D eigenvalue weighted by molar-refractivity contribution is -0.119. The Morgan fingerprint density at radius 3 is 2.43 bits per heavy atom. The van der Waals surface area contributed by atoms with E-state index in [1.165, 1.54) is 50.8 Å². The third-order valence-corrected chi connectivity index (χ3v) is 7.56. The number of hydrazone groups is 1. The largest absolute Gasteiger partial charge is 0.493 e. The smallest absolute Gasteiger partial charge is 0.264 e. The molecule has 1 N–H and O–H groups in total. The van der Waals surface area contributed by atoms with Gasteiger partial charge in [-0.15, -0.1) is 0 Å². The number of benzene rings is 3. The Labute approximate surface area is 221 Å². The molecule has 35 heavy (non-hydrogen) atoms. The second-order valence-electron chi connectivity index (χ2n) is 6.95. The summed E-state index contributed by atoms with van der Waals surface area (Å²) in [7, 11) is -1.12. The van der Waals surface area contributed by atoms with Crippen molar-refractivity contribution in [3.8, 4) is 11.5 Å². The Kier molecular flexibility index (Phi) is 9.01. The first kappa shape index (κ1) is 26.8. The fourth-order valence-electron chi connectivity index (χ4n) is 3.06. The van der Waals surface area contributed by atoms with Crippen LogP contribution in [-0.2, 0) is 14.8 Å². The molecule has 12 heteroatoms. The molecule has 0 radical (unpaired) electrons. The van der Waals surface area contributed by atoms with Gasteiger partial charge in [0.2, 0.25) is 0 Å². The zero-order chi connectivity index (χ0) is 25.6. The molecular formula is C23H20BrCl2N3O5S. The van der Waals surface area contributed by atoms with E-state index < -0.39 is 22.5 Å². The van der Waals surface area contributed by atoms with E-state index in [9.17, 15) is 13.2 Å². The number of hydrogen-bond donors (Lipinski definition) is 1. The normalized spacial score (nSPS) is 11.3. The van der Waals surface area contributed by atoms with E-state index in [0.29, 0.717) is 26.6 Å². The maximum Gasteiger partial charge on any atom is 0.264 e. The quantitative estimate of drug-likeness (QED) is 0.272. The number of methoxy groups -OCH3 is 2. The van der Waals surface area contributed by atoms with Crippen LogP contribution in [0.5, 0.6) is 11.5 Å². The van der Waals surface area contributed by atoms with Crippen LogP contribution >= 0.6 is 39.1 Å². The molecule has 0 aromatic heterocycles. The minimum absolute atomic E-state index is 0.00232. The molecule has 1 amide bonds. The van der Waals surface area contributed by atoms with Crippen LogP contribution in [0.15, 0.2) is 75.1 Å². The Morgan fingerprint density at radius 1 is 1.09 bits per heavy atom. The van der Waals surface area contributed by atoms with Crippen LogP contribution in [0.3, 0.4) is 0 Å². The molecule has 3 aromatic carbocycles. The summed E-state index contributed by atoms with van der Waals surface area (Å²) in [6, 6.07) is 15.4. The lowest BCUT2D eigenvalue weighted by Gasteiger charge is -2.24. The van der Waals surface area contributed by atoms with E-state index in [4.69, 9.17) is 32.7 Å². The lowest BCUT2D eigenvalue weighted by atomic mass is 10.2. The standard InChI is InChI=1S/C23H20BrCl2N3O5S/c1-33-21-11-15(10-18(24)23(21)34-2)13-27-28-22(30)14-29(20-9-8-16(25)12-19(20)26)35(31,32)17-6-4-3-5-7-17/h3-13H,14H2,1-2H3,(H,28,30)/b27-13-. The van der Waals surface area contributed by atoms with Crippen molar-refractivity contribution in [2.75, 3.05) is 25.1 Å². The second-order valence-corrected chi connectivity index (χ2v) is 10.5. The van der Waals surface area contributed by atoms with Gasteiger partial charge >= 0.3 is 0 Å². The first-order valence-corrected chi connectivity index (χ1v) is 12.9. The highest BCUT2D eigenvalue weighted by molar-refractivity contribution is 9.10. The molecule has 3 aromatic rings. The van der Waals surface area contributed by atoms with Gasteiger partial charge in [-0.1, -0.05) is 41.4 Å². The summed E-state index contributed by atoms with van der Waals surface area (Å²) in [5.74, 6) is 0.286. The highest BCUT2D eigenvalue weighted by Crippen LogP contribution is 2.36. The van der Waals surface area contributed by atoms with Crippen molar-refractivity contribution in [2.24, 2.45) is 5.10 Å². The van der Waals surface area contributed by atoms with Gasteiger partial charge in [0.15, 0.2) is 11.5 Å². The molecule has 0 saturated heterocycles. The van der Waals surface area contributed by atoms with Crippen LogP contribution in [0.25, 0.3) is 0 Å². The first-order valence-electron chi connectivity index (χ1n) is 9.93. The summed E-state index contributed by atoms with van der Waals surface area (Å²) >= 11 is 15.6. The second kappa shape index (κ2) is 11.8. The number of carbonyl (C=O) groups is 1. The summed E-state index contributed by atoms with van der Waals surface area (Å²) in [6.45, 7) is -0.578. The van der Waals surface area contributed by atoms with Crippen molar-refractivity contribution in [3.63, 3.8) is 0 Å². The predicted molar refractivity (Wildman–Crippen MR) is 140 cm³/mol. The van der Waals surface area contributed by atoms with E-state index in [2.05, 4.69) is 26.5 Å². The highest BCUT2D eigenvalue weighted by atomic mass is 79.9. The van der Waals surface area contributed by atoms with Crippen LogP contribution in [0.1, 0.15) is 5.56 Å². The number of amides is 1. The molecule has 0 heterocycles. The average molecular weight is 601 g/mol. The molecule has 0 saturated carbocycles. The van der Waals surface area contributed by atoms with Gasteiger partial charge in [-0.25, -0.2) is 13.8 Å². The topological polar surface area (TPSA) is 97.3 Å². The minimum Gasteiger partial charge on any atom is -0.493 e. The molecule has 0 bridgehead atoms. The molecule has 0 spiro atoms. The summed E-state index contributed by atoms with van der Waals surface area (Å²) in [5, 5.41) is 4.33.